The zero-order valence-corrected chi connectivity index (χ0v) is 13.8. The zero-order chi connectivity index (χ0) is 13.2. The SMILES string of the molecule is CCc1ccsc1CNC1C[C@H](C)Sc2sccc21. The minimum absolute atomic E-state index is 0.532. The van der Waals surface area contributed by atoms with Crippen molar-refractivity contribution >= 4 is 34.4 Å². The van der Waals surface area contributed by atoms with Gasteiger partial charge in [-0.15, -0.1) is 34.4 Å². The summed E-state index contributed by atoms with van der Waals surface area (Å²) in [4.78, 5) is 1.50. The fourth-order valence-electron chi connectivity index (χ4n) is 2.60. The van der Waals surface area contributed by atoms with Crippen molar-refractivity contribution in [2.75, 3.05) is 0 Å². The lowest BCUT2D eigenvalue weighted by atomic mass is 10.0. The van der Waals surface area contributed by atoms with Crippen LogP contribution in [0.25, 0.3) is 0 Å². The maximum atomic E-state index is 3.78. The summed E-state index contributed by atoms with van der Waals surface area (Å²) < 4.78 is 1.51. The maximum Gasteiger partial charge on any atom is 0.0649 e. The molecular formula is C15H19NS3. The Bertz CT molecular complexity index is 543. The van der Waals surface area contributed by atoms with Crippen molar-refractivity contribution in [3.8, 4) is 0 Å². The van der Waals surface area contributed by atoms with Crippen LogP contribution in [0.15, 0.2) is 27.1 Å². The zero-order valence-electron chi connectivity index (χ0n) is 11.3. The third-order valence-electron chi connectivity index (χ3n) is 3.64. The van der Waals surface area contributed by atoms with E-state index >= 15 is 0 Å². The van der Waals surface area contributed by atoms with Crippen LogP contribution in [0, 0.1) is 0 Å². The Morgan fingerprint density at radius 2 is 2.11 bits per heavy atom. The molecular weight excluding hydrogens is 290 g/mol. The molecule has 2 aromatic heterocycles. The largest absolute Gasteiger partial charge is 0.305 e. The van der Waals surface area contributed by atoms with E-state index in [1.54, 1.807) is 0 Å². The van der Waals surface area contributed by atoms with E-state index in [-0.39, 0.29) is 0 Å². The van der Waals surface area contributed by atoms with E-state index in [0.717, 1.165) is 18.2 Å². The Labute approximate surface area is 127 Å². The Morgan fingerprint density at radius 1 is 1.26 bits per heavy atom. The van der Waals surface area contributed by atoms with Crippen molar-refractivity contribution in [1.29, 1.82) is 0 Å². The number of thiophene rings is 2. The molecule has 0 spiro atoms. The molecule has 2 aromatic rings. The Hall–Kier alpha value is -0.290. The first-order chi connectivity index (χ1) is 9.28. The molecule has 0 amide bonds. The maximum absolute atomic E-state index is 3.78. The smallest absolute Gasteiger partial charge is 0.0649 e. The predicted molar refractivity (Wildman–Crippen MR) is 87.5 cm³/mol. The lowest BCUT2D eigenvalue weighted by molar-refractivity contribution is 0.489. The predicted octanol–water partition coefficient (Wildman–Crippen LogP) is 5.09. The minimum atomic E-state index is 0.532. The lowest BCUT2D eigenvalue weighted by Crippen LogP contribution is -2.26. The van der Waals surface area contributed by atoms with Gasteiger partial charge >= 0.3 is 0 Å². The van der Waals surface area contributed by atoms with E-state index in [2.05, 4.69) is 42.1 Å². The molecule has 3 heterocycles. The van der Waals surface area contributed by atoms with Gasteiger partial charge in [0.25, 0.3) is 0 Å². The van der Waals surface area contributed by atoms with Crippen LogP contribution in [0.1, 0.15) is 42.3 Å². The molecule has 0 bridgehead atoms. The van der Waals surface area contributed by atoms with E-state index in [1.807, 2.05) is 34.4 Å². The van der Waals surface area contributed by atoms with Crippen molar-refractivity contribution in [3.63, 3.8) is 0 Å². The summed E-state index contributed by atoms with van der Waals surface area (Å²) in [6.45, 7) is 5.59. The van der Waals surface area contributed by atoms with Crippen molar-refractivity contribution in [2.45, 2.75) is 48.7 Å². The molecule has 1 N–H and O–H groups in total. The van der Waals surface area contributed by atoms with Crippen LogP contribution in [0.4, 0.5) is 0 Å². The third kappa shape index (κ3) is 2.92. The fourth-order valence-corrected chi connectivity index (χ4v) is 6.09. The van der Waals surface area contributed by atoms with Crippen molar-refractivity contribution in [1.82, 2.24) is 5.32 Å². The highest BCUT2D eigenvalue weighted by Crippen LogP contribution is 2.43. The number of hydrogen-bond donors (Lipinski definition) is 1. The Kier molecular flexibility index (Phi) is 4.32. The normalized spacial score (nSPS) is 22.4. The average Bonchev–Trinajstić information content (AvgIpc) is 3.03. The van der Waals surface area contributed by atoms with Crippen molar-refractivity contribution < 1.29 is 0 Å². The molecule has 19 heavy (non-hydrogen) atoms. The fraction of sp³-hybridized carbons (Fsp3) is 0.467. The molecule has 1 aliphatic heterocycles. The van der Waals surface area contributed by atoms with Gasteiger partial charge in [0, 0.05) is 22.7 Å². The summed E-state index contributed by atoms with van der Waals surface area (Å²) in [7, 11) is 0. The van der Waals surface area contributed by atoms with Crippen LogP contribution in [0.3, 0.4) is 0 Å². The Morgan fingerprint density at radius 3 is 2.95 bits per heavy atom. The molecule has 4 heteroatoms. The molecule has 3 rings (SSSR count). The first kappa shape index (κ1) is 13.7. The molecule has 0 fully saturated rings. The van der Waals surface area contributed by atoms with E-state index in [0.29, 0.717) is 6.04 Å². The monoisotopic (exact) mass is 309 g/mol. The first-order valence-electron chi connectivity index (χ1n) is 6.80. The molecule has 0 aromatic carbocycles. The minimum Gasteiger partial charge on any atom is -0.305 e. The van der Waals surface area contributed by atoms with Crippen LogP contribution in [-0.2, 0) is 13.0 Å². The van der Waals surface area contributed by atoms with Gasteiger partial charge in [-0.1, -0.05) is 13.8 Å². The van der Waals surface area contributed by atoms with E-state index in [9.17, 15) is 0 Å². The third-order valence-corrected chi connectivity index (χ3v) is 6.94. The number of rotatable bonds is 4. The number of thioether (sulfide) groups is 1. The molecule has 1 unspecified atom stereocenters. The molecule has 102 valence electrons. The van der Waals surface area contributed by atoms with Gasteiger partial charge in [0.2, 0.25) is 0 Å². The molecule has 1 aliphatic rings. The summed E-state index contributed by atoms with van der Waals surface area (Å²) >= 11 is 5.81. The summed E-state index contributed by atoms with van der Waals surface area (Å²) in [6, 6.07) is 5.09. The van der Waals surface area contributed by atoms with Crippen LogP contribution < -0.4 is 5.32 Å². The van der Waals surface area contributed by atoms with Crippen LogP contribution in [0.5, 0.6) is 0 Å². The second kappa shape index (κ2) is 6.00. The van der Waals surface area contributed by atoms with E-state index in [1.165, 1.54) is 26.6 Å². The Balaban J connectivity index is 1.71. The van der Waals surface area contributed by atoms with Gasteiger partial charge in [0.05, 0.1) is 4.21 Å². The van der Waals surface area contributed by atoms with Gasteiger partial charge in [-0.25, -0.2) is 0 Å². The van der Waals surface area contributed by atoms with Crippen LogP contribution >= 0.6 is 34.4 Å². The average molecular weight is 310 g/mol. The number of nitrogens with one attached hydrogen (secondary N) is 1. The standard InChI is InChI=1S/C15H19NS3/c1-3-11-4-6-17-14(11)9-16-13-8-10(2)19-15-12(13)5-7-18-15/h4-7,10,13,16H,3,8-9H2,1-2H3/t10-,13?/m0/s1. The highest BCUT2D eigenvalue weighted by molar-refractivity contribution is 8.01. The topological polar surface area (TPSA) is 12.0 Å². The summed E-state index contributed by atoms with van der Waals surface area (Å²) in [5, 5.41) is 8.94. The van der Waals surface area contributed by atoms with Crippen molar-refractivity contribution in [3.05, 3.63) is 38.9 Å². The molecule has 0 saturated heterocycles. The molecule has 0 aliphatic carbocycles. The van der Waals surface area contributed by atoms with Crippen LogP contribution in [-0.4, -0.2) is 5.25 Å². The highest BCUT2D eigenvalue weighted by atomic mass is 32.2. The number of fused-ring (bicyclic) bond motifs is 1. The van der Waals surface area contributed by atoms with Gasteiger partial charge in [-0.3, -0.25) is 0 Å². The second-order valence-electron chi connectivity index (χ2n) is 4.98. The number of hydrogen-bond acceptors (Lipinski definition) is 4. The van der Waals surface area contributed by atoms with E-state index < -0.39 is 0 Å². The van der Waals surface area contributed by atoms with E-state index in [4.69, 9.17) is 0 Å². The van der Waals surface area contributed by atoms with Gasteiger partial charge in [-0.05, 0) is 46.9 Å². The van der Waals surface area contributed by atoms with Crippen molar-refractivity contribution in [2.24, 2.45) is 0 Å². The first-order valence-corrected chi connectivity index (χ1v) is 9.44. The van der Waals surface area contributed by atoms with Gasteiger partial charge in [-0.2, -0.15) is 0 Å². The van der Waals surface area contributed by atoms with Gasteiger partial charge in [0.15, 0.2) is 0 Å². The number of aryl methyl sites for hydroxylation is 1. The van der Waals surface area contributed by atoms with Crippen LogP contribution in [0.2, 0.25) is 0 Å². The van der Waals surface area contributed by atoms with Gasteiger partial charge in [0.1, 0.15) is 0 Å². The highest BCUT2D eigenvalue weighted by Gasteiger charge is 2.25. The lowest BCUT2D eigenvalue weighted by Gasteiger charge is -2.27. The van der Waals surface area contributed by atoms with Gasteiger partial charge < -0.3 is 5.32 Å². The summed E-state index contributed by atoms with van der Waals surface area (Å²) in [5.41, 5.74) is 3.02. The quantitative estimate of drug-likeness (QED) is 0.844. The molecule has 0 saturated carbocycles. The molecule has 1 nitrogen and oxygen atoms in total. The second-order valence-corrected chi connectivity index (χ2v) is 8.61. The summed E-state index contributed by atoms with van der Waals surface area (Å²) in [5.74, 6) is 0. The molecule has 0 radical (unpaired) electrons. The molecule has 2 atom stereocenters. The summed E-state index contributed by atoms with van der Waals surface area (Å²) in [6.07, 6.45) is 2.38.